The highest BCUT2D eigenvalue weighted by atomic mass is 16.7. The van der Waals surface area contributed by atoms with E-state index in [0.29, 0.717) is 6.61 Å². The van der Waals surface area contributed by atoms with Gasteiger partial charge in [0, 0.05) is 0 Å². The van der Waals surface area contributed by atoms with Crippen LogP contribution in [0.15, 0.2) is 0 Å². The molecule has 1 atom stereocenters. The normalized spacial score (nSPS) is 18.8. The van der Waals surface area contributed by atoms with Gasteiger partial charge in [0.25, 0.3) is 0 Å². The summed E-state index contributed by atoms with van der Waals surface area (Å²) in [4.78, 5) is 11.4. The van der Waals surface area contributed by atoms with E-state index in [0.717, 1.165) is 38.6 Å². The summed E-state index contributed by atoms with van der Waals surface area (Å²) in [5.41, 5.74) is 0. The van der Waals surface area contributed by atoms with Crippen LogP contribution in [-0.2, 0) is 9.47 Å². The first-order valence-corrected chi connectivity index (χ1v) is 8.39. The van der Waals surface area contributed by atoms with E-state index in [1.165, 1.54) is 38.5 Å². The van der Waals surface area contributed by atoms with E-state index in [-0.39, 0.29) is 6.23 Å². The zero-order valence-electron chi connectivity index (χ0n) is 13.0. The zero-order chi connectivity index (χ0) is 14.5. The van der Waals surface area contributed by atoms with E-state index in [1.54, 1.807) is 0 Å². The number of carbonyl (C=O) groups is 1. The SMILES string of the molecule is CCCCCCCCCCOC(=O)OC1CCCCN1. The molecule has 4 heteroatoms. The smallest absolute Gasteiger partial charge is 0.434 e. The lowest BCUT2D eigenvalue weighted by Crippen LogP contribution is -2.37. The van der Waals surface area contributed by atoms with Crippen LogP contribution in [-0.4, -0.2) is 25.5 Å². The summed E-state index contributed by atoms with van der Waals surface area (Å²) in [7, 11) is 0. The fourth-order valence-corrected chi connectivity index (χ4v) is 2.46. The van der Waals surface area contributed by atoms with Crippen molar-refractivity contribution < 1.29 is 14.3 Å². The van der Waals surface area contributed by atoms with Crippen LogP contribution in [0.2, 0.25) is 0 Å². The van der Waals surface area contributed by atoms with E-state index >= 15 is 0 Å². The van der Waals surface area contributed by atoms with Crippen molar-refractivity contribution in [2.45, 2.75) is 83.8 Å². The predicted molar refractivity (Wildman–Crippen MR) is 80.7 cm³/mol. The van der Waals surface area contributed by atoms with Crippen molar-refractivity contribution >= 4 is 6.16 Å². The van der Waals surface area contributed by atoms with Gasteiger partial charge in [0.05, 0.1) is 6.61 Å². The van der Waals surface area contributed by atoms with Crippen LogP contribution in [0.1, 0.15) is 77.6 Å². The van der Waals surface area contributed by atoms with Gasteiger partial charge in [0.2, 0.25) is 0 Å². The van der Waals surface area contributed by atoms with Crippen molar-refractivity contribution in [2.24, 2.45) is 0 Å². The molecule has 0 radical (unpaired) electrons. The second kappa shape index (κ2) is 12.0. The van der Waals surface area contributed by atoms with E-state index in [4.69, 9.17) is 9.47 Å². The van der Waals surface area contributed by atoms with Gasteiger partial charge in [-0.1, -0.05) is 51.9 Å². The number of nitrogens with one attached hydrogen (secondary N) is 1. The highest BCUT2D eigenvalue weighted by Crippen LogP contribution is 2.10. The standard InChI is InChI=1S/C16H31NO3/c1-2-3-4-5-6-7-8-11-14-19-16(18)20-15-12-9-10-13-17-15/h15,17H,2-14H2,1H3. The molecule has 1 saturated heterocycles. The number of hydrogen-bond acceptors (Lipinski definition) is 4. The third-order valence-electron chi connectivity index (χ3n) is 3.72. The fourth-order valence-electron chi connectivity index (χ4n) is 2.46. The summed E-state index contributed by atoms with van der Waals surface area (Å²) in [6.07, 6.45) is 12.5. The number of rotatable bonds is 10. The van der Waals surface area contributed by atoms with Crippen molar-refractivity contribution in [3.05, 3.63) is 0 Å². The molecule has 0 bridgehead atoms. The maximum Gasteiger partial charge on any atom is 0.509 e. The molecule has 1 N–H and O–H groups in total. The van der Waals surface area contributed by atoms with Gasteiger partial charge in [0.15, 0.2) is 6.23 Å². The average molecular weight is 285 g/mol. The van der Waals surface area contributed by atoms with Crippen LogP contribution in [0.4, 0.5) is 4.79 Å². The minimum atomic E-state index is -0.521. The number of unbranched alkanes of at least 4 members (excludes halogenated alkanes) is 7. The molecule has 1 fully saturated rings. The van der Waals surface area contributed by atoms with Crippen LogP contribution in [0.25, 0.3) is 0 Å². The highest BCUT2D eigenvalue weighted by molar-refractivity contribution is 5.60. The Hall–Kier alpha value is -0.770. The Morgan fingerprint density at radius 1 is 1.05 bits per heavy atom. The van der Waals surface area contributed by atoms with Gasteiger partial charge in [0.1, 0.15) is 0 Å². The van der Waals surface area contributed by atoms with Gasteiger partial charge in [-0.2, -0.15) is 0 Å². The molecule has 118 valence electrons. The summed E-state index contributed by atoms with van der Waals surface area (Å²) >= 11 is 0. The topological polar surface area (TPSA) is 47.6 Å². The zero-order valence-corrected chi connectivity index (χ0v) is 13.0. The Morgan fingerprint density at radius 2 is 1.75 bits per heavy atom. The number of ether oxygens (including phenoxy) is 2. The molecule has 4 nitrogen and oxygen atoms in total. The summed E-state index contributed by atoms with van der Waals surface area (Å²) in [5.74, 6) is 0. The second-order valence-electron chi connectivity index (χ2n) is 5.63. The molecule has 1 heterocycles. The van der Waals surface area contributed by atoms with Gasteiger partial charge < -0.3 is 9.47 Å². The Labute approximate surface area is 123 Å². The molecule has 0 spiro atoms. The minimum absolute atomic E-state index is 0.144. The quantitative estimate of drug-likeness (QED) is 0.478. The molecule has 1 unspecified atom stereocenters. The average Bonchev–Trinajstić information content (AvgIpc) is 2.46. The predicted octanol–water partition coefficient (Wildman–Crippen LogP) is 4.38. The van der Waals surface area contributed by atoms with E-state index in [9.17, 15) is 4.79 Å². The minimum Gasteiger partial charge on any atom is -0.434 e. The van der Waals surface area contributed by atoms with Crippen LogP contribution in [0.3, 0.4) is 0 Å². The Morgan fingerprint density at radius 3 is 2.40 bits per heavy atom. The Bertz CT molecular complexity index is 240. The molecule has 0 aliphatic carbocycles. The van der Waals surface area contributed by atoms with E-state index in [1.807, 2.05) is 0 Å². The summed E-state index contributed by atoms with van der Waals surface area (Å²) in [6.45, 7) is 3.65. The van der Waals surface area contributed by atoms with Crippen LogP contribution in [0.5, 0.6) is 0 Å². The maximum absolute atomic E-state index is 11.4. The maximum atomic E-state index is 11.4. The summed E-state index contributed by atoms with van der Waals surface area (Å²) in [5, 5.41) is 3.16. The summed E-state index contributed by atoms with van der Waals surface area (Å²) in [6, 6.07) is 0. The van der Waals surface area contributed by atoms with Crippen molar-refractivity contribution in [3.63, 3.8) is 0 Å². The molecule has 1 aliphatic heterocycles. The monoisotopic (exact) mass is 285 g/mol. The molecular weight excluding hydrogens is 254 g/mol. The van der Waals surface area contributed by atoms with E-state index < -0.39 is 6.16 Å². The third-order valence-corrected chi connectivity index (χ3v) is 3.72. The van der Waals surface area contributed by atoms with Gasteiger partial charge in [-0.25, -0.2) is 4.79 Å². The van der Waals surface area contributed by atoms with Crippen LogP contribution < -0.4 is 5.32 Å². The number of piperidine rings is 1. The van der Waals surface area contributed by atoms with Crippen molar-refractivity contribution in [1.29, 1.82) is 0 Å². The Kier molecular flexibility index (Phi) is 10.4. The first kappa shape index (κ1) is 17.3. The number of hydrogen-bond donors (Lipinski definition) is 1. The fraction of sp³-hybridized carbons (Fsp3) is 0.938. The van der Waals surface area contributed by atoms with Gasteiger partial charge in [-0.15, -0.1) is 0 Å². The molecule has 1 rings (SSSR count). The first-order chi connectivity index (χ1) is 9.83. The molecule has 0 aromatic heterocycles. The van der Waals surface area contributed by atoms with Crippen molar-refractivity contribution in [1.82, 2.24) is 5.32 Å². The number of carbonyl (C=O) groups excluding carboxylic acids is 1. The Balaban J connectivity index is 1.84. The lowest BCUT2D eigenvalue weighted by molar-refractivity contribution is 0.00166. The third kappa shape index (κ3) is 9.18. The van der Waals surface area contributed by atoms with Gasteiger partial charge >= 0.3 is 6.16 Å². The molecule has 0 aromatic carbocycles. The lowest BCUT2D eigenvalue weighted by Gasteiger charge is -2.22. The van der Waals surface area contributed by atoms with Crippen LogP contribution in [0, 0.1) is 0 Å². The van der Waals surface area contributed by atoms with Crippen molar-refractivity contribution in [3.8, 4) is 0 Å². The van der Waals surface area contributed by atoms with E-state index in [2.05, 4.69) is 12.2 Å². The largest absolute Gasteiger partial charge is 0.509 e. The molecular formula is C16H31NO3. The first-order valence-electron chi connectivity index (χ1n) is 8.39. The van der Waals surface area contributed by atoms with Gasteiger partial charge in [-0.05, 0) is 32.2 Å². The molecule has 20 heavy (non-hydrogen) atoms. The van der Waals surface area contributed by atoms with Crippen LogP contribution >= 0.6 is 0 Å². The second-order valence-corrected chi connectivity index (χ2v) is 5.63. The lowest BCUT2D eigenvalue weighted by atomic mass is 10.1. The molecule has 1 aliphatic rings. The molecule has 0 amide bonds. The highest BCUT2D eigenvalue weighted by Gasteiger charge is 2.17. The summed E-state index contributed by atoms with van der Waals surface area (Å²) < 4.78 is 10.3. The van der Waals surface area contributed by atoms with Gasteiger partial charge in [-0.3, -0.25) is 5.32 Å². The molecule has 0 saturated carbocycles. The van der Waals surface area contributed by atoms with Crippen molar-refractivity contribution in [2.75, 3.05) is 13.2 Å². The molecule has 0 aromatic rings.